The first-order valence-corrected chi connectivity index (χ1v) is 8.20. The van der Waals surface area contributed by atoms with Gasteiger partial charge in [-0.25, -0.2) is 0 Å². The smallest absolute Gasteiger partial charge is 0.257 e. The van der Waals surface area contributed by atoms with E-state index in [9.17, 15) is 9.59 Å². The lowest BCUT2D eigenvalue weighted by Crippen LogP contribution is -2.16. The SMILES string of the molecule is Cc1cccc(NC(=O)c2cncc(C(=O)Nc3ccccc3C#N)c2)c1. The molecule has 2 aromatic carbocycles. The summed E-state index contributed by atoms with van der Waals surface area (Å²) in [4.78, 5) is 28.9. The zero-order valence-electron chi connectivity index (χ0n) is 14.6. The highest BCUT2D eigenvalue weighted by molar-refractivity contribution is 6.08. The molecule has 0 aliphatic rings. The Bertz CT molecular complexity index is 1050. The molecule has 27 heavy (non-hydrogen) atoms. The van der Waals surface area contributed by atoms with Gasteiger partial charge in [0.15, 0.2) is 0 Å². The van der Waals surface area contributed by atoms with Crippen LogP contribution in [0.15, 0.2) is 67.0 Å². The fourth-order valence-corrected chi connectivity index (χ4v) is 2.50. The molecule has 0 aliphatic heterocycles. The third-order valence-electron chi connectivity index (χ3n) is 3.83. The number of amides is 2. The molecule has 2 N–H and O–H groups in total. The van der Waals surface area contributed by atoms with Crippen molar-refractivity contribution in [1.82, 2.24) is 4.98 Å². The number of nitrogens with one attached hydrogen (secondary N) is 2. The van der Waals surface area contributed by atoms with Crippen LogP contribution in [0, 0.1) is 18.3 Å². The first kappa shape index (κ1) is 17.8. The molecule has 0 bridgehead atoms. The first-order valence-electron chi connectivity index (χ1n) is 8.20. The van der Waals surface area contributed by atoms with Gasteiger partial charge >= 0.3 is 0 Å². The lowest BCUT2D eigenvalue weighted by Gasteiger charge is -2.09. The van der Waals surface area contributed by atoms with Crippen LogP contribution in [-0.4, -0.2) is 16.8 Å². The monoisotopic (exact) mass is 356 g/mol. The largest absolute Gasteiger partial charge is 0.322 e. The Morgan fingerprint density at radius 2 is 1.63 bits per heavy atom. The van der Waals surface area contributed by atoms with E-state index in [2.05, 4.69) is 15.6 Å². The number of hydrogen-bond donors (Lipinski definition) is 2. The molecular formula is C21H16N4O2. The number of rotatable bonds is 4. The molecule has 1 heterocycles. The average Bonchev–Trinajstić information content (AvgIpc) is 2.68. The van der Waals surface area contributed by atoms with Crippen LogP contribution in [-0.2, 0) is 0 Å². The van der Waals surface area contributed by atoms with Crippen LogP contribution in [0.3, 0.4) is 0 Å². The van der Waals surface area contributed by atoms with Crippen molar-refractivity contribution in [3.63, 3.8) is 0 Å². The van der Waals surface area contributed by atoms with Crippen molar-refractivity contribution in [3.05, 3.63) is 89.2 Å². The van der Waals surface area contributed by atoms with E-state index >= 15 is 0 Å². The zero-order chi connectivity index (χ0) is 19.2. The van der Waals surface area contributed by atoms with Gasteiger partial charge in [-0.15, -0.1) is 0 Å². The van der Waals surface area contributed by atoms with Gasteiger partial charge in [0, 0.05) is 18.1 Å². The molecule has 0 atom stereocenters. The number of nitriles is 1. The van der Waals surface area contributed by atoms with Crippen molar-refractivity contribution in [2.75, 3.05) is 10.6 Å². The molecule has 3 aromatic rings. The minimum absolute atomic E-state index is 0.222. The normalized spacial score (nSPS) is 9.93. The minimum Gasteiger partial charge on any atom is -0.322 e. The highest BCUT2D eigenvalue weighted by atomic mass is 16.2. The molecule has 0 saturated heterocycles. The van der Waals surface area contributed by atoms with Gasteiger partial charge in [-0.2, -0.15) is 5.26 Å². The van der Waals surface area contributed by atoms with E-state index in [1.807, 2.05) is 31.2 Å². The quantitative estimate of drug-likeness (QED) is 0.744. The van der Waals surface area contributed by atoms with Gasteiger partial charge in [0.2, 0.25) is 0 Å². The number of hydrogen-bond acceptors (Lipinski definition) is 4. The number of carbonyl (C=O) groups excluding carboxylic acids is 2. The van der Waals surface area contributed by atoms with Gasteiger partial charge in [0.1, 0.15) is 6.07 Å². The summed E-state index contributed by atoms with van der Waals surface area (Å²) in [5.74, 6) is -0.810. The van der Waals surface area contributed by atoms with Gasteiger partial charge in [-0.05, 0) is 42.8 Å². The summed E-state index contributed by atoms with van der Waals surface area (Å²) in [5, 5.41) is 14.6. The first-order chi connectivity index (χ1) is 13.1. The maximum Gasteiger partial charge on any atom is 0.257 e. The second-order valence-electron chi connectivity index (χ2n) is 5.90. The van der Waals surface area contributed by atoms with Gasteiger partial charge in [-0.3, -0.25) is 14.6 Å². The Balaban J connectivity index is 1.77. The van der Waals surface area contributed by atoms with Crippen molar-refractivity contribution in [1.29, 1.82) is 5.26 Å². The molecule has 0 spiro atoms. The molecule has 0 saturated carbocycles. The summed E-state index contributed by atoms with van der Waals surface area (Å²) in [5.41, 5.74) is 2.93. The third kappa shape index (κ3) is 4.35. The van der Waals surface area contributed by atoms with Crippen LogP contribution in [0.1, 0.15) is 31.8 Å². The highest BCUT2D eigenvalue weighted by Crippen LogP contribution is 2.16. The van der Waals surface area contributed by atoms with E-state index in [1.165, 1.54) is 18.5 Å². The number of nitrogens with zero attached hydrogens (tertiary/aromatic N) is 2. The van der Waals surface area contributed by atoms with E-state index < -0.39 is 5.91 Å². The average molecular weight is 356 g/mol. The van der Waals surface area contributed by atoms with Gasteiger partial charge in [0.05, 0.1) is 22.4 Å². The molecule has 3 rings (SSSR count). The topological polar surface area (TPSA) is 94.9 Å². The maximum atomic E-state index is 12.5. The maximum absolute atomic E-state index is 12.5. The van der Waals surface area contributed by atoms with Gasteiger partial charge < -0.3 is 10.6 Å². The zero-order valence-corrected chi connectivity index (χ0v) is 14.6. The lowest BCUT2D eigenvalue weighted by molar-refractivity contribution is 0.102. The third-order valence-corrected chi connectivity index (χ3v) is 3.83. The molecule has 6 nitrogen and oxygen atoms in total. The second kappa shape index (κ2) is 7.93. The van der Waals surface area contributed by atoms with Gasteiger partial charge in [-0.1, -0.05) is 24.3 Å². The van der Waals surface area contributed by atoms with Crippen LogP contribution in [0.25, 0.3) is 0 Å². The van der Waals surface area contributed by atoms with Crippen LogP contribution in [0.4, 0.5) is 11.4 Å². The lowest BCUT2D eigenvalue weighted by atomic mass is 10.1. The van der Waals surface area contributed by atoms with E-state index in [-0.39, 0.29) is 17.0 Å². The van der Waals surface area contributed by atoms with Crippen molar-refractivity contribution in [3.8, 4) is 6.07 Å². The molecule has 2 amide bonds. The number of para-hydroxylation sites is 1. The number of aromatic nitrogens is 1. The molecule has 0 aliphatic carbocycles. The van der Waals surface area contributed by atoms with Crippen molar-refractivity contribution in [2.24, 2.45) is 0 Å². The predicted octanol–water partition coefficient (Wildman–Crippen LogP) is 3.77. The molecule has 0 fully saturated rings. The van der Waals surface area contributed by atoms with Crippen molar-refractivity contribution >= 4 is 23.2 Å². The number of benzene rings is 2. The Kier molecular flexibility index (Phi) is 5.24. The Morgan fingerprint density at radius 1 is 0.926 bits per heavy atom. The summed E-state index contributed by atoms with van der Waals surface area (Å²) >= 11 is 0. The fourth-order valence-electron chi connectivity index (χ4n) is 2.50. The molecule has 0 unspecified atom stereocenters. The molecule has 1 aromatic heterocycles. The summed E-state index contributed by atoms with van der Waals surface area (Å²) < 4.78 is 0. The van der Waals surface area contributed by atoms with Crippen molar-refractivity contribution < 1.29 is 9.59 Å². The van der Waals surface area contributed by atoms with Crippen LogP contribution in [0.2, 0.25) is 0 Å². The minimum atomic E-state index is -0.449. The van der Waals surface area contributed by atoms with Crippen LogP contribution < -0.4 is 10.6 Å². The van der Waals surface area contributed by atoms with E-state index in [1.54, 1.807) is 30.3 Å². The number of aryl methyl sites for hydroxylation is 1. The molecule has 132 valence electrons. The Labute approximate surface area is 156 Å². The Hall–Kier alpha value is -3.98. The van der Waals surface area contributed by atoms with Crippen LogP contribution in [0.5, 0.6) is 0 Å². The standard InChI is InChI=1S/C21H16N4O2/c1-14-5-4-7-18(9-14)24-20(26)16-10-17(13-23-12-16)21(27)25-19-8-3-2-6-15(19)11-22/h2-10,12-13H,1H3,(H,24,26)(H,25,27). The summed E-state index contributed by atoms with van der Waals surface area (Å²) in [6.45, 7) is 1.93. The van der Waals surface area contributed by atoms with Gasteiger partial charge in [0.25, 0.3) is 11.8 Å². The van der Waals surface area contributed by atoms with E-state index in [0.717, 1.165) is 5.56 Å². The van der Waals surface area contributed by atoms with Crippen molar-refractivity contribution in [2.45, 2.75) is 6.92 Å². The predicted molar refractivity (Wildman–Crippen MR) is 102 cm³/mol. The summed E-state index contributed by atoms with van der Waals surface area (Å²) in [6.07, 6.45) is 2.76. The van der Waals surface area contributed by atoms with E-state index in [0.29, 0.717) is 16.9 Å². The fraction of sp³-hybridized carbons (Fsp3) is 0.0476. The number of carbonyl (C=O) groups is 2. The summed E-state index contributed by atoms with van der Waals surface area (Å²) in [6, 6.07) is 17.6. The summed E-state index contributed by atoms with van der Waals surface area (Å²) in [7, 11) is 0. The second-order valence-corrected chi connectivity index (χ2v) is 5.90. The molecule has 0 radical (unpaired) electrons. The highest BCUT2D eigenvalue weighted by Gasteiger charge is 2.13. The molecular weight excluding hydrogens is 340 g/mol. The molecule has 6 heteroatoms. The Morgan fingerprint density at radius 3 is 2.33 bits per heavy atom. The van der Waals surface area contributed by atoms with Crippen LogP contribution >= 0.6 is 0 Å². The van der Waals surface area contributed by atoms with E-state index in [4.69, 9.17) is 5.26 Å². The number of pyridine rings is 1. The number of anilines is 2.